The number of benzene rings is 1. The lowest BCUT2D eigenvalue weighted by atomic mass is 10.1. The first-order valence-electron chi connectivity index (χ1n) is 7.86. The summed E-state index contributed by atoms with van der Waals surface area (Å²) in [6.45, 7) is 1.07. The Kier molecular flexibility index (Phi) is 4.84. The van der Waals surface area contributed by atoms with E-state index in [0.717, 1.165) is 28.8 Å². The summed E-state index contributed by atoms with van der Waals surface area (Å²) in [7, 11) is 0. The molecule has 3 N–H and O–H groups in total. The molecule has 1 aromatic carbocycles. The number of urea groups is 1. The van der Waals surface area contributed by atoms with Crippen LogP contribution in [0.2, 0.25) is 0 Å². The summed E-state index contributed by atoms with van der Waals surface area (Å²) in [5, 5.41) is 23.8. The second-order valence-electron chi connectivity index (χ2n) is 6.17. The van der Waals surface area contributed by atoms with Crippen molar-refractivity contribution in [3.05, 3.63) is 46.8 Å². The molecule has 0 spiro atoms. The maximum Gasteiger partial charge on any atom is 0.315 e. The van der Waals surface area contributed by atoms with Gasteiger partial charge in [0.25, 0.3) is 0 Å². The molecule has 0 unspecified atom stereocenters. The van der Waals surface area contributed by atoms with E-state index in [4.69, 9.17) is 5.26 Å². The van der Waals surface area contributed by atoms with Gasteiger partial charge in [-0.2, -0.15) is 5.26 Å². The molecule has 6 heteroatoms. The molecule has 2 aromatic rings. The minimum atomic E-state index is -0.219. The molecule has 124 valence electrons. The van der Waals surface area contributed by atoms with Gasteiger partial charge in [-0.15, -0.1) is 11.3 Å². The third-order valence-electron chi connectivity index (χ3n) is 4.30. The van der Waals surface area contributed by atoms with Crippen LogP contribution in [0.4, 0.5) is 4.79 Å². The van der Waals surface area contributed by atoms with Crippen molar-refractivity contribution in [2.75, 3.05) is 13.2 Å². The topological polar surface area (TPSA) is 85.2 Å². The smallest absolute Gasteiger partial charge is 0.315 e. The molecule has 24 heavy (non-hydrogen) atoms. The van der Waals surface area contributed by atoms with E-state index in [2.05, 4.69) is 16.7 Å². The quantitative estimate of drug-likeness (QED) is 0.755. The van der Waals surface area contributed by atoms with Crippen molar-refractivity contribution in [1.82, 2.24) is 10.6 Å². The highest BCUT2D eigenvalue weighted by molar-refractivity contribution is 7.16. The number of amides is 2. The number of carbonyl (C=O) groups excluding carboxylic acids is 1. The SMILES string of the molecule is N#Cc1ccc(-c2cccc(CNC(=O)NCC3(CO)CC3)c2)s1. The first kappa shape index (κ1) is 16.5. The normalized spacial score (nSPS) is 14.7. The van der Waals surface area contributed by atoms with Crippen LogP contribution in [0.1, 0.15) is 23.3 Å². The lowest BCUT2D eigenvalue weighted by Crippen LogP contribution is -2.39. The summed E-state index contributed by atoms with van der Waals surface area (Å²) in [5.41, 5.74) is 1.95. The maximum atomic E-state index is 11.9. The van der Waals surface area contributed by atoms with Gasteiger partial charge in [-0.05, 0) is 42.2 Å². The highest BCUT2D eigenvalue weighted by Crippen LogP contribution is 2.44. The summed E-state index contributed by atoms with van der Waals surface area (Å²) in [6.07, 6.45) is 1.94. The van der Waals surface area contributed by atoms with Crippen LogP contribution in [0, 0.1) is 16.7 Å². The minimum Gasteiger partial charge on any atom is -0.396 e. The van der Waals surface area contributed by atoms with Crippen LogP contribution in [0.15, 0.2) is 36.4 Å². The van der Waals surface area contributed by atoms with Gasteiger partial charge in [-0.25, -0.2) is 4.79 Å². The van der Waals surface area contributed by atoms with E-state index in [1.54, 1.807) is 0 Å². The van der Waals surface area contributed by atoms with Gasteiger partial charge in [0.15, 0.2) is 0 Å². The highest BCUT2D eigenvalue weighted by Gasteiger charge is 2.42. The van der Waals surface area contributed by atoms with Crippen LogP contribution < -0.4 is 10.6 Å². The second kappa shape index (κ2) is 7.04. The van der Waals surface area contributed by atoms with Crippen molar-refractivity contribution < 1.29 is 9.90 Å². The van der Waals surface area contributed by atoms with E-state index in [0.29, 0.717) is 18.0 Å². The van der Waals surface area contributed by atoms with Crippen LogP contribution in [0.5, 0.6) is 0 Å². The number of carbonyl (C=O) groups is 1. The largest absolute Gasteiger partial charge is 0.396 e. The van der Waals surface area contributed by atoms with Gasteiger partial charge in [0, 0.05) is 23.4 Å². The highest BCUT2D eigenvalue weighted by atomic mass is 32.1. The fraction of sp³-hybridized carbons (Fsp3) is 0.333. The molecule has 1 fully saturated rings. The van der Waals surface area contributed by atoms with Crippen molar-refractivity contribution in [2.45, 2.75) is 19.4 Å². The van der Waals surface area contributed by atoms with Gasteiger partial charge in [0.2, 0.25) is 0 Å². The number of nitrogens with one attached hydrogen (secondary N) is 2. The van der Waals surface area contributed by atoms with Crippen LogP contribution in [0.3, 0.4) is 0 Å². The average molecular weight is 341 g/mol. The molecule has 0 saturated heterocycles. The Morgan fingerprint density at radius 1 is 1.29 bits per heavy atom. The Morgan fingerprint density at radius 3 is 2.79 bits per heavy atom. The van der Waals surface area contributed by atoms with Crippen molar-refractivity contribution >= 4 is 17.4 Å². The van der Waals surface area contributed by atoms with Gasteiger partial charge in [0.1, 0.15) is 10.9 Å². The Balaban J connectivity index is 1.55. The monoisotopic (exact) mass is 341 g/mol. The van der Waals surface area contributed by atoms with E-state index in [1.807, 2.05) is 36.4 Å². The zero-order chi connectivity index (χ0) is 17.0. The van der Waals surface area contributed by atoms with Crippen molar-refractivity contribution in [1.29, 1.82) is 5.26 Å². The van der Waals surface area contributed by atoms with Gasteiger partial charge in [-0.3, -0.25) is 0 Å². The third-order valence-corrected chi connectivity index (χ3v) is 5.34. The predicted molar refractivity (Wildman–Crippen MR) is 93.5 cm³/mol. The number of aliphatic hydroxyl groups excluding tert-OH is 1. The van der Waals surface area contributed by atoms with Gasteiger partial charge in [0.05, 0.1) is 6.61 Å². The predicted octanol–water partition coefficient (Wildman–Crippen LogP) is 2.86. The first-order chi connectivity index (χ1) is 11.6. The van der Waals surface area contributed by atoms with E-state index in [9.17, 15) is 9.90 Å². The fourth-order valence-corrected chi connectivity index (χ4v) is 3.27. The summed E-state index contributed by atoms with van der Waals surface area (Å²) in [4.78, 5) is 13.6. The Bertz CT molecular complexity index is 775. The van der Waals surface area contributed by atoms with Crippen molar-refractivity contribution in [3.8, 4) is 16.5 Å². The second-order valence-corrected chi connectivity index (χ2v) is 7.25. The van der Waals surface area contributed by atoms with E-state index >= 15 is 0 Å². The average Bonchev–Trinajstić information content (AvgIpc) is 3.25. The molecule has 1 aliphatic carbocycles. The van der Waals surface area contributed by atoms with Gasteiger partial charge >= 0.3 is 6.03 Å². The van der Waals surface area contributed by atoms with E-state index in [1.165, 1.54) is 11.3 Å². The van der Waals surface area contributed by atoms with Crippen LogP contribution >= 0.6 is 11.3 Å². The Morgan fingerprint density at radius 2 is 2.12 bits per heavy atom. The number of aliphatic hydroxyl groups is 1. The van der Waals surface area contributed by atoms with Gasteiger partial charge < -0.3 is 15.7 Å². The Labute approximate surface area is 144 Å². The fourth-order valence-electron chi connectivity index (χ4n) is 2.47. The molecule has 5 nitrogen and oxygen atoms in total. The van der Waals surface area contributed by atoms with Crippen LogP contribution in [-0.2, 0) is 6.54 Å². The zero-order valence-corrected chi connectivity index (χ0v) is 14.0. The molecule has 1 aliphatic rings. The number of hydrogen-bond donors (Lipinski definition) is 3. The molecule has 0 atom stereocenters. The molecule has 0 radical (unpaired) electrons. The van der Waals surface area contributed by atoms with Gasteiger partial charge in [-0.1, -0.05) is 18.2 Å². The minimum absolute atomic E-state index is 0.0884. The zero-order valence-electron chi connectivity index (χ0n) is 13.2. The molecular formula is C18H19N3O2S. The third kappa shape index (κ3) is 3.94. The molecule has 3 rings (SSSR count). The number of nitriles is 1. The van der Waals surface area contributed by atoms with Crippen molar-refractivity contribution in [2.24, 2.45) is 5.41 Å². The lowest BCUT2D eigenvalue weighted by molar-refractivity contribution is 0.203. The van der Waals surface area contributed by atoms with Crippen LogP contribution in [0.25, 0.3) is 10.4 Å². The standard InChI is InChI=1S/C18H19N3O2S/c19-9-15-4-5-16(24-15)14-3-1-2-13(8-14)10-20-17(23)21-11-18(12-22)6-7-18/h1-5,8,22H,6-7,10-12H2,(H2,20,21,23). The number of hydrogen-bond acceptors (Lipinski definition) is 4. The summed E-state index contributed by atoms with van der Waals surface area (Å²) in [6, 6.07) is 13.6. The molecular weight excluding hydrogens is 322 g/mol. The molecule has 1 heterocycles. The van der Waals surface area contributed by atoms with E-state index in [-0.39, 0.29) is 18.1 Å². The number of nitrogens with zero attached hydrogens (tertiary/aromatic N) is 1. The number of thiophene rings is 1. The van der Waals surface area contributed by atoms with Crippen molar-refractivity contribution in [3.63, 3.8) is 0 Å². The Hall–Kier alpha value is -2.36. The maximum absolute atomic E-state index is 11.9. The van der Waals surface area contributed by atoms with E-state index < -0.39 is 0 Å². The van der Waals surface area contributed by atoms with Crippen LogP contribution in [-0.4, -0.2) is 24.3 Å². The lowest BCUT2D eigenvalue weighted by Gasteiger charge is -2.13. The molecule has 0 aliphatic heterocycles. The molecule has 0 bridgehead atoms. The molecule has 2 amide bonds. The summed E-state index contributed by atoms with van der Waals surface area (Å²) >= 11 is 1.45. The summed E-state index contributed by atoms with van der Waals surface area (Å²) < 4.78 is 0. The molecule has 1 saturated carbocycles. The summed E-state index contributed by atoms with van der Waals surface area (Å²) in [5.74, 6) is 0. The first-order valence-corrected chi connectivity index (χ1v) is 8.68. The molecule has 1 aromatic heterocycles. The number of rotatable bonds is 6.